The maximum Gasteiger partial charge on any atom is 0.338 e. The smallest absolute Gasteiger partial charge is 0.338 e. The first-order valence-electron chi connectivity index (χ1n) is 6.72. The Morgan fingerprint density at radius 3 is 2.45 bits per heavy atom. The molecule has 1 atom stereocenters. The maximum absolute atomic E-state index is 13.1. The molecular formula is C16H16NO4S+. The molecule has 1 aliphatic rings. The van der Waals surface area contributed by atoms with Crippen LogP contribution in [0.5, 0.6) is 5.75 Å². The first-order valence-corrected chi connectivity index (χ1v) is 8.16. The average molecular weight is 318 g/mol. The molecule has 0 bridgehead atoms. The van der Waals surface area contributed by atoms with E-state index in [0.717, 1.165) is 0 Å². The molecule has 114 valence electrons. The third-order valence-electron chi connectivity index (χ3n) is 3.80. The molecule has 1 N–H and O–H groups in total. The lowest BCUT2D eigenvalue weighted by molar-refractivity contribution is 0.212. The van der Waals surface area contributed by atoms with Crippen LogP contribution in [-0.4, -0.2) is 27.4 Å². The number of sulfonamides is 1. The van der Waals surface area contributed by atoms with Crippen LogP contribution in [-0.2, 0) is 10.0 Å². The predicted molar refractivity (Wildman–Crippen MR) is 84.5 cm³/mol. The number of hydrogen-bond acceptors (Lipinski definition) is 4. The van der Waals surface area contributed by atoms with E-state index in [9.17, 15) is 13.5 Å². The number of methoxy groups -OCH3 is 1. The van der Waals surface area contributed by atoms with Crippen molar-refractivity contribution in [2.45, 2.75) is 4.90 Å². The van der Waals surface area contributed by atoms with Gasteiger partial charge in [-0.25, -0.2) is 0 Å². The number of aliphatic hydroxyl groups excluding tert-OH is 1. The molecule has 3 rings (SSSR count). The lowest BCUT2D eigenvalue weighted by atomic mass is 10.2. The van der Waals surface area contributed by atoms with E-state index in [2.05, 4.69) is 0 Å². The highest BCUT2D eigenvalue weighted by Gasteiger charge is 2.49. The van der Waals surface area contributed by atoms with E-state index >= 15 is 0 Å². The standard InChI is InChI=1S/C16H16NO4S/c1-21-15-9-5-6-13-10-11-17(12-18,16(13)15)22(19,20)14-7-3-2-4-8-14/h2-11,18H,12H2,1H3/q+1. The molecule has 0 spiro atoms. The number of ether oxygens (including phenoxy) is 1. The van der Waals surface area contributed by atoms with Gasteiger partial charge in [0, 0.05) is 11.6 Å². The number of nitrogens with zero attached hydrogens (tertiary/aromatic N) is 1. The van der Waals surface area contributed by atoms with Crippen molar-refractivity contribution < 1.29 is 18.3 Å². The van der Waals surface area contributed by atoms with Gasteiger partial charge in [0.15, 0.2) is 5.75 Å². The van der Waals surface area contributed by atoms with Crippen molar-refractivity contribution >= 4 is 21.8 Å². The highest BCUT2D eigenvalue weighted by molar-refractivity contribution is 7.91. The van der Waals surface area contributed by atoms with Gasteiger partial charge >= 0.3 is 10.0 Å². The Labute approximate surface area is 129 Å². The van der Waals surface area contributed by atoms with Crippen molar-refractivity contribution in [3.8, 4) is 5.75 Å². The summed E-state index contributed by atoms with van der Waals surface area (Å²) in [7, 11) is -2.39. The van der Waals surface area contributed by atoms with E-state index in [1.165, 1.54) is 25.4 Å². The van der Waals surface area contributed by atoms with Crippen LogP contribution in [0.15, 0.2) is 59.6 Å². The van der Waals surface area contributed by atoms with Crippen LogP contribution in [0.4, 0.5) is 5.69 Å². The van der Waals surface area contributed by atoms with Gasteiger partial charge in [-0.3, -0.25) is 0 Å². The van der Waals surface area contributed by atoms with Crippen molar-refractivity contribution in [2.75, 3.05) is 13.8 Å². The van der Waals surface area contributed by atoms with Gasteiger partial charge in [-0.15, -0.1) is 3.89 Å². The summed E-state index contributed by atoms with van der Waals surface area (Å²) in [6, 6.07) is 13.4. The van der Waals surface area contributed by atoms with Gasteiger partial charge in [-0.1, -0.05) is 24.3 Å². The highest BCUT2D eigenvalue weighted by atomic mass is 32.2. The second kappa shape index (κ2) is 5.24. The van der Waals surface area contributed by atoms with Crippen LogP contribution < -0.4 is 8.63 Å². The van der Waals surface area contributed by atoms with E-state index in [1.807, 2.05) is 0 Å². The summed E-state index contributed by atoms with van der Waals surface area (Å²) in [5.74, 6) is 0.427. The molecule has 0 fully saturated rings. The summed E-state index contributed by atoms with van der Waals surface area (Å²) >= 11 is 0. The minimum Gasteiger partial charge on any atom is -0.491 e. The normalized spacial score (nSPS) is 19.9. The Kier molecular flexibility index (Phi) is 3.52. The zero-order valence-electron chi connectivity index (χ0n) is 12.0. The monoisotopic (exact) mass is 318 g/mol. The number of hydrogen-bond donors (Lipinski definition) is 1. The van der Waals surface area contributed by atoms with Crippen LogP contribution in [0.1, 0.15) is 5.56 Å². The lowest BCUT2D eigenvalue weighted by Gasteiger charge is -2.29. The molecule has 0 saturated carbocycles. The summed E-state index contributed by atoms with van der Waals surface area (Å²) in [5.41, 5.74) is 1.14. The average Bonchev–Trinajstić information content (AvgIpc) is 2.96. The zero-order chi connectivity index (χ0) is 15.8. The first kappa shape index (κ1) is 14.8. The van der Waals surface area contributed by atoms with Gasteiger partial charge in [0.25, 0.3) is 0 Å². The Balaban J connectivity index is 2.29. The molecule has 0 amide bonds. The van der Waals surface area contributed by atoms with Gasteiger partial charge in [0.05, 0.1) is 7.11 Å². The molecule has 5 nitrogen and oxygen atoms in total. The van der Waals surface area contributed by atoms with Crippen LogP contribution in [0.3, 0.4) is 0 Å². The van der Waals surface area contributed by atoms with Crippen molar-refractivity contribution in [1.82, 2.24) is 3.89 Å². The Morgan fingerprint density at radius 1 is 1.09 bits per heavy atom. The Bertz CT molecular complexity index is 830. The molecule has 0 aliphatic carbocycles. The number of quaternary nitrogens is 1. The quantitative estimate of drug-likeness (QED) is 0.879. The topological polar surface area (TPSA) is 63.6 Å². The van der Waals surface area contributed by atoms with Crippen molar-refractivity contribution in [3.63, 3.8) is 0 Å². The van der Waals surface area contributed by atoms with Crippen molar-refractivity contribution in [2.24, 2.45) is 0 Å². The number of benzene rings is 2. The minimum atomic E-state index is -3.88. The van der Waals surface area contributed by atoms with E-state index in [1.54, 1.807) is 42.5 Å². The number of rotatable bonds is 4. The Hall–Kier alpha value is -2.15. The largest absolute Gasteiger partial charge is 0.491 e. The van der Waals surface area contributed by atoms with Crippen molar-refractivity contribution in [1.29, 1.82) is 0 Å². The molecular weight excluding hydrogens is 302 g/mol. The summed E-state index contributed by atoms with van der Waals surface area (Å²) < 4.78 is 30.9. The second-order valence-electron chi connectivity index (χ2n) is 4.94. The van der Waals surface area contributed by atoms with Gasteiger partial charge in [-0.05, 0) is 24.3 Å². The van der Waals surface area contributed by atoms with E-state index < -0.39 is 20.6 Å². The molecule has 2 aromatic rings. The number of aliphatic hydroxyl groups is 1. The molecule has 22 heavy (non-hydrogen) atoms. The predicted octanol–water partition coefficient (Wildman–Crippen LogP) is 2.33. The SMILES string of the molecule is COc1cccc2c1[N+](CO)(S(=O)(=O)c1ccccc1)C=C2. The number of para-hydroxylation sites is 1. The summed E-state index contributed by atoms with van der Waals surface area (Å²) in [6.07, 6.45) is 3.17. The fourth-order valence-electron chi connectivity index (χ4n) is 2.69. The fraction of sp³-hybridized carbons (Fsp3) is 0.125. The molecule has 1 heterocycles. The second-order valence-corrected chi connectivity index (χ2v) is 7.01. The minimum absolute atomic E-state index is 0.146. The van der Waals surface area contributed by atoms with Crippen LogP contribution in [0.25, 0.3) is 6.08 Å². The highest BCUT2D eigenvalue weighted by Crippen LogP contribution is 2.46. The van der Waals surface area contributed by atoms with E-state index in [0.29, 0.717) is 17.0 Å². The fourth-order valence-corrected chi connectivity index (χ4v) is 4.38. The molecule has 1 unspecified atom stereocenters. The Morgan fingerprint density at radius 2 is 1.82 bits per heavy atom. The van der Waals surface area contributed by atoms with Crippen LogP contribution in [0, 0.1) is 0 Å². The van der Waals surface area contributed by atoms with Gasteiger partial charge in [0.1, 0.15) is 11.1 Å². The van der Waals surface area contributed by atoms with Crippen LogP contribution in [0.2, 0.25) is 0 Å². The molecule has 0 aromatic heterocycles. The molecule has 0 saturated heterocycles. The van der Waals surface area contributed by atoms with Gasteiger partial charge in [-0.2, -0.15) is 8.42 Å². The van der Waals surface area contributed by atoms with E-state index in [4.69, 9.17) is 4.74 Å². The summed E-state index contributed by atoms with van der Waals surface area (Å²) in [5, 5.41) is 9.97. The van der Waals surface area contributed by atoms with Crippen molar-refractivity contribution in [3.05, 3.63) is 60.3 Å². The molecule has 2 aromatic carbocycles. The summed E-state index contributed by atoms with van der Waals surface area (Å²) in [4.78, 5) is 0.146. The summed E-state index contributed by atoms with van der Waals surface area (Å²) in [6.45, 7) is -0.610. The van der Waals surface area contributed by atoms with Gasteiger partial charge in [0.2, 0.25) is 12.4 Å². The van der Waals surface area contributed by atoms with Crippen LogP contribution >= 0.6 is 0 Å². The molecule has 1 aliphatic heterocycles. The lowest BCUT2D eigenvalue weighted by Crippen LogP contribution is -2.49. The first-order chi connectivity index (χ1) is 10.6. The zero-order valence-corrected chi connectivity index (χ0v) is 12.8. The maximum atomic E-state index is 13.1. The number of fused-ring (bicyclic) bond motifs is 1. The third-order valence-corrected chi connectivity index (χ3v) is 5.95. The van der Waals surface area contributed by atoms with Gasteiger partial charge < -0.3 is 9.84 Å². The molecule has 6 heteroatoms. The third kappa shape index (κ3) is 1.89. The van der Waals surface area contributed by atoms with E-state index in [-0.39, 0.29) is 4.90 Å². The molecule has 0 radical (unpaired) electrons.